The lowest BCUT2D eigenvalue weighted by Gasteiger charge is -2.28. The number of rotatable bonds is 9. The molecule has 0 bridgehead atoms. The second-order valence-corrected chi connectivity index (χ2v) is 9.87. The summed E-state index contributed by atoms with van der Waals surface area (Å²) in [5.41, 5.74) is 7.50. The van der Waals surface area contributed by atoms with E-state index in [-0.39, 0.29) is 11.3 Å². The smallest absolute Gasteiger partial charge is 0.249 e. The number of methoxy groups -OCH3 is 2. The fraction of sp³-hybridized carbons (Fsp3) is 0.300. The summed E-state index contributed by atoms with van der Waals surface area (Å²) in [4.78, 5) is 23.1. The molecule has 4 aromatic rings. The molecule has 9 nitrogen and oxygen atoms in total. The minimum atomic E-state index is -0.632. The first-order chi connectivity index (χ1) is 19.4. The van der Waals surface area contributed by atoms with Crippen LogP contribution < -0.4 is 25.3 Å². The molecule has 0 aliphatic carbocycles. The molecule has 1 amide bonds. The maximum Gasteiger partial charge on any atom is 0.249 e. The Morgan fingerprint density at radius 3 is 2.52 bits per heavy atom. The summed E-state index contributed by atoms with van der Waals surface area (Å²) in [6, 6.07) is 13.1. The van der Waals surface area contributed by atoms with E-state index in [1.165, 1.54) is 19.5 Å². The Hall–Kier alpha value is -4.44. The van der Waals surface area contributed by atoms with E-state index in [0.29, 0.717) is 57.6 Å². The van der Waals surface area contributed by atoms with Crippen molar-refractivity contribution >= 4 is 28.3 Å². The summed E-state index contributed by atoms with van der Waals surface area (Å²) < 4.78 is 32.6. The predicted molar refractivity (Wildman–Crippen MR) is 152 cm³/mol. The number of hydrogen-bond donors (Lipinski definition) is 2. The fourth-order valence-corrected chi connectivity index (χ4v) is 4.98. The highest BCUT2D eigenvalue weighted by atomic mass is 19.1. The van der Waals surface area contributed by atoms with Crippen LogP contribution in [0.5, 0.6) is 17.2 Å². The van der Waals surface area contributed by atoms with Crippen molar-refractivity contribution in [3.63, 3.8) is 0 Å². The van der Waals surface area contributed by atoms with Crippen LogP contribution in [0.15, 0.2) is 54.9 Å². The maximum atomic E-state index is 15.4. The number of nitrogens with one attached hydrogen (secondary N) is 1. The van der Waals surface area contributed by atoms with Gasteiger partial charge in [0.1, 0.15) is 23.7 Å². The third kappa shape index (κ3) is 5.62. The number of carbonyl (C=O) groups excluding carboxylic acids is 1. The normalized spacial score (nSPS) is 14.2. The van der Waals surface area contributed by atoms with E-state index in [2.05, 4.69) is 27.2 Å². The van der Waals surface area contributed by atoms with Crippen LogP contribution in [0.4, 0.5) is 15.9 Å². The van der Waals surface area contributed by atoms with Crippen molar-refractivity contribution in [3.05, 3.63) is 66.2 Å². The molecule has 10 heteroatoms. The molecule has 1 saturated heterocycles. The Labute approximate surface area is 232 Å². The largest absolute Gasteiger partial charge is 0.496 e. The fourth-order valence-electron chi connectivity index (χ4n) is 4.98. The number of benzene rings is 3. The summed E-state index contributed by atoms with van der Waals surface area (Å²) in [6.07, 6.45) is 3.60. The highest BCUT2D eigenvalue weighted by Gasteiger charge is 2.20. The van der Waals surface area contributed by atoms with E-state index < -0.39 is 11.7 Å². The number of nitrogens with zero attached hydrogens (tertiary/aromatic N) is 3. The highest BCUT2D eigenvalue weighted by molar-refractivity contribution is 6.01. The van der Waals surface area contributed by atoms with Crippen molar-refractivity contribution in [3.8, 4) is 28.4 Å². The van der Waals surface area contributed by atoms with Crippen molar-refractivity contribution in [1.82, 2.24) is 14.9 Å². The van der Waals surface area contributed by atoms with Gasteiger partial charge in [-0.2, -0.15) is 0 Å². The molecule has 5 rings (SSSR count). The van der Waals surface area contributed by atoms with Crippen LogP contribution in [0, 0.1) is 11.7 Å². The summed E-state index contributed by atoms with van der Waals surface area (Å²) in [5, 5.41) is 3.72. The molecular weight excluding hydrogens is 513 g/mol. The second kappa shape index (κ2) is 11.7. The number of anilines is 2. The quantitative estimate of drug-likeness (QED) is 0.302. The SMILES string of the molecule is COc1cc2c(Nc3ccc(-c4c(OC)cccc4C(N)=O)cc3F)ncnc2cc1OCC1CCN(C)CC1. The molecule has 0 unspecified atom stereocenters. The van der Waals surface area contributed by atoms with Crippen LogP contribution in [0.2, 0.25) is 0 Å². The van der Waals surface area contributed by atoms with E-state index in [1.807, 2.05) is 6.07 Å². The number of carbonyl (C=O) groups is 1. The monoisotopic (exact) mass is 545 g/mol. The zero-order valence-electron chi connectivity index (χ0n) is 22.7. The van der Waals surface area contributed by atoms with Gasteiger partial charge in [-0.1, -0.05) is 12.1 Å². The lowest BCUT2D eigenvalue weighted by Crippen LogP contribution is -2.32. The maximum absolute atomic E-state index is 15.4. The molecule has 0 atom stereocenters. The van der Waals surface area contributed by atoms with E-state index >= 15 is 4.39 Å². The Morgan fingerprint density at radius 2 is 1.82 bits per heavy atom. The number of halogens is 1. The summed E-state index contributed by atoms with van der Waals surface area (Å²) in [7, 11) is 5.20. The Kier molecular flexibility index (Phi) is 7.97. The van der Waals surface area contributed by atoms with E-state index in [4.69, 9.17) is 19.9 Å². The molecule has 2 heterocycles. The van der Waals surface area contributed by atoms with Gasteiger partial charge in [-0.15, -0.1) is 0 Å². The molecular formula is C30H32FN5O4. The van der Waals surface area contributed by atoms with Crippen LogP contribution >= 0.6 is 0 Å². The molecule has 1 aromatic heterocycles. The molecule has 0 saturated carbocycles. The number of nitrogens with two attached hydrogens (primary N) is 1. The average Bonchev–Trinajstić information content (AvgIpc) is 2.97. The van der Waals surface area contributed by atoms with Gasteiger partial charge in [0.15, 0.2) is 11.5 Å². The molecule has 1 fully saturated rings. The molecule has 1 aliphatic heterocycles. The molecule has 40 heavy (non-hydrogen) atoms. The predicted octanol–water partition coefficient (Wildman–Crippen LogP) is 5.02. The molecule has 0 radical (unpaired) electrons. The standard InChI is InChI=1S/C30H32FN5O4/c1-36-11-9-18(10-12-36)16-40-27-15-24-21(14-26(27)39-3)30(34-17-33-24)35-23-8-7-19(13-22(23)31)28-20(29(32)37)5-4-6-25(28)38-2/h4-8,13-15,17-18H,9-12,16H2,1-3H3,(H2,32,37)(H,33,34,35). The summed E-state index contributed by atoms with van der Waals surface area (Å²) >= 11 is 0. The van der Waals surface area contributed by atoms with Crippen molar-refractivity contribution < 1.29 is 23.4 Å². The van der Waals surface area contributed by atoms with Gasteiger partial charge in [-0.3, -0.25) is 4.79 Å². The van der Waals surface area contributed by atoms with E-state index in [0.717, 1.165) is 25.9 Å². The van der Waals surface area contributed by atoms with Gasteiger partial charge in [0.25, 0.3) is 0 Å². The van der Waals surface area contributed by atoms with Crippen molar-refractivity contribution in [2.24, 2.45) is 11.7 Å². The number of hydrogen-bond acceptors (Lipinski definition) is 8. The number of amides is 1. The summed E-state index contributed by atoms with van der Waals surface area (Å²) in [5.74, 6) is 1.29. The zero-order valence-corrected chi connectivity index (χ0v) is 22.7. The van der Waals surface area contributed by atoms with E-state index in [1.54, 1.807) is 43.5 Å². The number of piperidine rings is 1. The first-order valence-electron chi connectivity index (χ1n) is 13.1. The Bertz CT molecular complexity index is 1540. The average molecular weight is 546 g/mol. The molecule has 208 valence electrons. The minimum absolute atomic E-state index is 0.195. The molecule has 3 N–H and O–H groups in total. The topological polar surface area (TPSA) is 112 Å². The molecule has 0 spiro atoms. The Morgan fingerprint density at radius 1 is 1.05 bits per heavy atom. The van der Waals surface area contributed by atoms with Crippen LogP contribution in [0.3, 0.4) is 0 Å². The van der Waals surface area contributed by atoms with Gasteiger partial charge >= 0.3 is 0 Å². The van der Waals surface area contributed by atoms with Gasteiger partial charge in [0.05, 0.1) is 37.6 Å². The van der Waals surface area contributed by atoms with Gasteiger partial charge in [-0.25, -0.2) is 14.4 Å². The summed E-state index contributed by atoms with van der Waals surface area (Å²) in [6.45, 7) is 2.73. The minimum Gasteiger partial charge on any atom is -0.496 e. The van der Waals surface area contributed by atoms with Crippen molar-refractivity contribution in [2.75, 3.05) is 46.3 Å². The Balaban J connectivity index is 1.42. The zero-order chi connectivity index (χ0) is 28.2. The van der Waals surface area contributed by atoms with Gasteiger partial charge < -0.3 is 30.2 Å². The van der Waals surface area contributed by atoms with Crippen molar-refractivity contribution in [2.45, 2.75) is 12.8 Å². The molecule has 1 aliphatic rings. The number of aromatic nitrogens is 2. The number of ether oxygens (including phenoxy) is 3. The van der Waals surface area contributed by atoms with Gasteiger partial charge in [0.2, 0.25) is 5.91 Å². The van der Waals surface area contributed by atoms with Gasteiger partial charge in [0, 0.05) is 17.0 Å². The van der Waals surface area contributed by atoms with Crippen LogP contribution in [0.1, 0.15) is 23.2 Å². The van der Waals surface area contributed by atoms with Crippen molar-refractivity contribution in [1.29, 1.82) is 0 Å². The van der Waals surface area contributed by atoms with Gasteiger partial charge in [-0.05, 0) is 74.8 Å². The lowest BCUT2D eigenvalue weighted by atomic mass is 9.97. The molecule has 3 aromatic carbocycles. The van der Waals surface area contributed by atoms with Crippen LogP contribution in [0.25, 0.3) is 22.0 Å². The third-order valence-corrected chi connectivity index (χ3v) is 7.26. The first kappa shape index (κ1) is 27.1. The third-order valence-electron chi connectivity index (χ3n) is 7.26. The second-order valence-electron chi connectivity index (χ2n) is 9.87. The lowest BCUT2D eigenvalue weighted by molar-refractivity contribution is 0.100. The van der Waals surface area contributed by atoms with Crippen LogP contribution in [-0.2, 0) is 0 Å². The van der Waals surface area contributed by atoms with E-state index in [9.17, 15) is 4.79 Å². The number of primary amides is 1. The number of likely N-dealkylation sites (tertiary alicyclic amines) is 1. The first-order valence-corrected chi connectivity index (χ1v) is 13.1. The highest BCUT2D eigenvalue weighted by Crippen LogP contribution is 2.38. The number of fused-ring (bicyclic) bond motifs is 1. The van der Waals surface area contributed by atoms with Crippen LogP contribution in [-0.4, -0.2) is 61.7 Å².